The smallest absolute Gasteiger partial charge is 0.169 e. The third-order valence-corrected chi connectivity index (χ3v) is 6.15. The Hall–Kier alpha value is -0.960. The van der Waals surface area contributed by atoms with Crippen LogP contribution in [0.3, 0.4) is 0 Å². The highest BCUT2D eigenvalue weighted by atomic mass is 32.2. The number of thiocarbonyl (C=S) groups is 3. The molecule has 0 aliphatic carbocycles. The second-order valence-electron chi connectivity index (χ2n) is 5.65. The lowest BCUT2D eigenvalue weighted by Crippen LogP contribution is -2.52. The minimum absolute atomic E-state index is 0.755. The van der Waals surface area contributed by atoms with Crippen molar-refractivity contribution in [2.45, 2.75) is 6.54 Å². The molecule has 0 spiro atoms. The van der Waals surface area contributed by atoms with Crippen LogP contribution >= 0.6 is 48.4 Å². The van der Waals surface area contributed by atoms with E-state index in [4.69, 9.17) is 36.7 Å². The van der Waals surface area contributed by atoms with Crippen molar-refractivity contribution in [2.75, 3.05) is 40.3 Å². The number of benzene rings is 1. The Morgan fingerprint density at radius 2 is 1.62 bits per heavy atom. The average molecular weight is 399 g/mol. The van der Waals surface area contributed by atoms with Crippen LogP contribution in [-0.4, -0.2) is 68.7 Å². The van der Waals surface area contributed by atoms with Crippen molar-refractivity contribution in [2.24, 2.45) is 0 Å². The van der Waals surface area contributed by atoms with Crippen molar-refractivity contribution in [1.29, 1.82) is 0 Å². The minimum atomic E-state index is 0.755. The van der Waals surface area contributed by atoms with Gasteiger partial charge in [0.05, 0.1) is 0 Å². The second kappa shape index (κ2) is 9.50. The maximum absolute atomic E-state index is 5.51. The summed E-state index contributed by atoms with van der Waals surface area (Å²) in [6, 6.07) is 10.3. The average Bonchev–Trinajstić information content (AvgIpc) is 2.60. The van der Waals surface area contributed by atoms with E-state index in [-0.39, 0.29) is 0 Å². The normalized spacial score (nSPS) is 14.2. The van der Waals surface area contributed by atoms with E-state index in [1.165, 1.54) is 17.3 Å². The van der Waals surface area contributed by atoms with Crippen molar-refractivity contribution in [1.82, 2.24) is 20.0 Å². The van der Waals surface area contributed by atoms with Gasteiger partial charge in [0.1, 0.15) is 8.64 Å². The fourth-order valence-corrected chi connectivity index (χ4v) is 3.92. The standard InChI is InChI=1S/C16H22N4S4/c1-18(2)15(22)24-16(23)20-10-8-19(9-11-20)14(21)17-12-13-6-4-3-5-7-13/h3-7H,8-12H2,1-2H3,(H,17,21). The quantitative estimate of drug-likeness (QED) is 0.758. The first-order valence-corrected chi connectivity index (χ1v) is 9.76. The van der Waals surface area contributed by atoms with E-state index in [1.54, 1.807) is 0 Å². The summed E-state index contributed by atoms with van der Waals surface area (Å²) in [5.41, 5.74) is 1.23. The number of hydrogen-bond donors (Lipinski definition) is 1. The lowest BCUT2D eigenvalue weighted by atomic mass is 10.2. The zero-order valence-electron chi connectivity index (χ0n) is 13.9. The lowest BCUT2D eigenvalue weighted by Gasteiger charge is -2.37. The highest BCUT2D eigenvalue weighted by Gasteiger charge is 2.21. The van der Waals surface area contributed by atoms with Crippen LogP contribution in [0.25, 0.3) is 0 Å². The molecule has 24 heavy (non-hydrogen) atoms. The summed E-state index contributed by atoms with van der Waals surface area (Å²) in [4.78, 5) is 6.31. The molecule has 4 nitrogen and oxygen atoms in total. The van der Waals surface area contributed by atoms with Crippen molar-refractivity contribution in [3.8, 4) is 0 Å². The molecule has 0 saturated carbocycles. The fraction of sp³-hybridized carbons (Fsp3) is 0.438. The molecule has 1 aliphatic heterocycles. The molecule has 0 amide bonds. The van der Waals surface area contributed by atoms with E-state index >= 15 is 0 Å². The third kappa shape index (κ3) is 5.84. The molecule has 130 valence electrons. The largest absolute Gasteiger partial charge is 0.363 e. The second-order valence-corrected chi connectivity index (χ2v) is 8.30. The van der Waals surface area contributed by atoms with Crippen LogP contribution in [0.1, 0.15) is 5.56 Å². The molecule has 2 rings (SSSR count). The molecule has 0 radical (unpaired) electrons. The zero-order chi connectivity index (χ0) is 17.5. The van der Waals surface area contributed by atoms with Crippen LogP contribution in [0.2, 0.25) is 0 Å². The third-order valence-electron chi connectivity index (χ3n) is 3.65. The van der Waals surface area contributed by atoms with Gasteiger partial charge in [-0.15, -0.1) is 0 Å². The first-order chi connectivity index (χ1) is 11.5. The van der Waals surface area contributed by atoms with Gasteiger partial charge in [0.2, 0.25) is 0 Å². The summed E-state index contributed by atoms with van der Waals surface area (Å²) >= 11 is 17.8. The maximum Gasteiger partial charge on any atom is 0.169 e. The SMILES string of the molecule is CN(C)C(=S)SC(=S)N1CCN(C(=S)NCc2ccccc2)CC1. The van der Waals surface area contributed by atoms with Crippen LogP contribution in [0.4, 0.5) is 0 Å². The highest BCUT2D eigenvalue weighted by molar-refractivity contribution is 8.37. The van der Waals surface area contributed by atoms with E-state index in [1.807, 2.05) is 37.2 Å². The summed E-state index contributed by atoms with van der Waals surface area (Å²) in [7, 11) is 3.87. The Labute approximate surface area is 164 Å². The van der Waals surface area contributed by atoms with Crippen LogP contribution in [0, 0.1) is 0 Å². The number of thioether (sulfide) groups is 1. The van der Waals surface area contributed by atoms with Gasteiger partial charge < -0.3 is 20.0 Å². The Bertz CT molecular complexity index is 583. The molecular weight excluding hydrogens is 376 g/mol. The number of rotatable bonds is 2. The van der Waals surface area contributed by atoms with Crippen molar-refractivity contribution < 1.29 is 0 Å². The summed E-state index contributed by atoms with van der Waals surface area (Å²) in [5.74, 6) is 0. The van der Waals surface area contributed by atoms with E-state index in [0.717, 1.165) is 46.5 Å². The van der Waals surface area contributed by atoms with Gasteiger partial charge in [-0.25, -0.2) is 0 Å². The molecule has 1 fully saturated rings. The van der Waals surface area contributed by atoms with Gasteiger partial charge in [0, 0.05) is 46.8 Å². The van der Waals surface area contributed by atoms with Crippen molar-refractivity contribution in [3.05, 3.63) is 35.9 Å². The summed E-state index contributed by atoms with van der Waals surface area (Å²) in [6.45, 7) is 4.24. The Morgan fingerprint density at radius 3 is 2.21 bits per heavy atom. The summed E-state index contributed by atoms with van der Waals surface area (Å²) in [6.07, 6.45) is 0. The highest BCUT2D eigenvalue weighted by Crippen LogP contribution is 2.15. The lowest BCUT2D eigenvalue weighted by molar-refractivity contribution is 0.262. The number of piperazine rings is 1. The fourth-order valence-electron chi connectivity index (χ4n) is 2.21. The Kier molecular flexibility index (Phi) is 7.67. The van der Waals surface area contributed by atoms with Gasteiger partial charge in [-0.1, -0.05) is 54.8 Å². The number of nitrogens with zero attached hydrogens (tertiary/aromatic N) is 3. The summed E-state index contributed by atoms with van der Waals surface area (Å²) in [5, 5.41) is 4.14. The first-order valence-electron chi connectivity index (χ1n) is 7.72. The monoisotopic (exact) mass is 398 g/mol. The van der Waals surface area contributed by atoms with E-state index in [0.29, 0.717) is 0 Å². The van der Waals surface area contributed by atoms with Gasteiger partial charge >= 0.3 is 0 Å². The zero-order valence-corrected chi connectivity index (χ0v) is 17.2. The van der Waals surface area contributed by atoms with Crippen molar-refractivity contribution in [3.63, 3.8) is 0 Å². The van der Waals surface area contributed by atoms with Gasteiger partial charge in [-0.05, 0) is 29.5 Å². The van der Waals surface area contributed by atoms with Gasteiger partial charge in [-0.3, -0.25) is 0 Å². The Morgan fingerprint density at radius 1 is 1.04 bits per heavy atom. The molecule has 8 heteroatoms. The number of nitrogens with one attached hydrogen (secondary N) is 1. The van der Waals surface area contributed by atoms with Gasteiger partial charge in [0.15, 0.2) is 5.11 Å². The van der Waals surface area contributed by atoms with E-state index in [2.05, 4.69) is 27.2 Å². The van der Waals surface area contributed by atoms with Crippen LogP contribution in [-0.2, 0) is 6.54 Å². The van der Waals surface area contributed by atoms with E-state index in [9.17, 15) is 0 Å². The van der Waals surface area contributed by atoms with Crippen LogP contribution in [0.15, 0.2) is 30.3 Å². The molecule has 0 bridgehead atoms. The summed E-state index contributed by atoms with van der Waals surface area (Å²) < 4.78 is 1.64. The molecule has 0 unspecified atom stereocenters. The predicted molar refractivity (Wildman–Crippen MR) is 115 cm³/mol. The minimum Gasteiger partial charge on any atom is -0.363 e. The van der Waals surface area contributed by atoms with E-state index < -0.39 is 0 Å². The Balaban J connectivity index is 1.74. The molecule has 1 aromatic carbocycles. The molecule has 1 saturated heterocycles. The van der Waals surface area contributed by atoms with Gasteiger partial charge in [-0.2, -0.15) is 0 Å². The molecule has 0 aromatic heterocycles. The topological polar surface area (TPSA) is 21.8 Å². The number of hydrogen-bond acceptors (Lipinski definition) is 4. The van der Waals surface area contributed by atoms with Crippen LogP contribution < -0.4 is 5.32 Å². The molecule has 1 N–H and O–H groups in total. The molecule has 0 atom stereocenters. The van der Waals surface area contributed by atoms with Gasteiger partial charge in [0.25, 0.3) is 0 Å². The molecule has 1 heterocycles. The molecule has 1 aromatic rings. The molecule has 1 aliphatic rings. The van der Waals surface area contributed by atoms with Crippen molar-refractivity contribution >= 4 is 62.2 Å². The first kappa shape index (κ1) is 19.4. The maximum atomic E-state index is 5.51. The molecular formula is C16H22N4S4. The predicted octanol–water partition coefficient (Wildman–Crippen LogP) is 2.54. The van der Waals surface area contributed by atoms with Crippen LogP contribution in [0.5, 0.6) is 0 Å².